The minimum absolute atomic E-state index is 0. The van der Waals surface area contributed by atoms with Crippen molar-refractivity contribution in [1.82, 2.24) is 0 Å². The van der Waals surface area contributed by atoms with E-state index >= 15 is 0 Å². The van der Waals surface area contributed by atoms with Crippen molar-refractivity contribution in [3.05, 3.63) is 108 Å². The molecule has 0 bridgehead atoms. The van der Waals surface area contributed by atoms with E-state index in [4.69, 9.17) is 5.73 Å². The largest absolute Gasteiger partial charge is 0.748 e. The van der Waals surface area contributed by atoms with E-state index in [2.05, 4.69) is 80.6 Å². The summed E-state index contributed by atoms with van der Waals surface area (Å²) in [6, 6.07) is 33.9. The fourth-order valence-corrected chi connectivity index (χ4v) is 4.12. The molecule has 0 fully saturated rings. The summed E-state index contributed by atoms with van der Waals surface area (Å²) in [4.78, 5) is 0. The summed E-state index contributed by atoms with van der Waals surface area (Å²) < 4.78 is 0. The van der Waals surface area contributed by atoms with Crippen molar-refractivity contribution in [3.63, 3.8) is 0 Å². The molecule has 0 aromatic heterocycles. The predicted molar refractivity (Wildman–Crippen MR) is 128 cm³/mol. The Kier molecular flexibility index (Phi) is 12.2. The summed E-state index contributed by atoms with van der Waals surface area (Å²) in [5.74, 6) is 0. The molecule has 0 aliphatic heterocycles. The molecule has 0 saturated carbocycles. The Morgan fingerprint density at radius 3 is 1.86 bits per heavy atom. The summed E-state index contributed by atoms with van der Waals surface area (Å²) in [6.07, 6.45) is 0. The average molecular weight is 443 g/mol. The van der Waals surface area contributed by atoms with Crippen molar-refractivity contribution in [2.45, 2.75) is 20.8 Å². The van der Waals surface area contributed by atoms with Crippen LogP contribution in [0.25, 0.3) is 11.1 Å². The molecule has 4 aromatic carbocycles. The fraction of sp³-hybridized carbons (Fsp3) is 0.154. The number of nitrogens with two attached hydrogens (primary N) is 1. The van der Waals surface area contributed by atoms with E-state index in [9.17, 15) is 0 Å². The van der Waals surface area contributed by atoms with Gasteiger partial charge in [0.1, 0.15) is 0 Å². The molecule has 158 valence electrons. The molecule has 0 saturated heterocycles. The summed E-state index contributed by atoms with van der Waals surface area (Å²) in [7, 11) is 0.721. The normalized spacial score (nSPS) is 9.79. The number of benzene rings is 2. The van der Waals surface area contributed by atoms with Gasteiger partial charge in [0.25, 0.3) is 0 Å². The van der Waals surface area contributed by atoms with Crippen LogP contribution in [-0.2, 0) is 17.1 Å². The SMILES string of the molecule is CCN.Cc1c(Pc2ccccc2-c2ccccc2)cc[c-]1C.[Fe].[cH-]1[cH-][cH-][cH-][cH-]1. The molecular formula is C26H30FeNP-6. The van der Waals surface area contributed by atoms with Gasteiger partial charge in [0, 0.05) is 17.1 Å². The Bertz CT molecular complexity index is 894. The first-order valence-corrected chi connectivity index (χ1v) is 10.7. The predicted octanol–water partition coefficient (Wildman–Crippen LogP) is 5.69. The van der Waals surface area contributed by atoms with Gasteiger partial charge in [-0.2, -0.15) is 22.5 Å². The van der Waals surface area contributed by atoms with Gasteiger partial charge in [-0.3, -0.25) is 0 Å². The minimum Gasteiger partial charge on any atom is -0.748 e. The topological polar surface area (TPSA) is 26.0 Å². The van der Waals surface area contributed by atoms with Crippen molar-refractivity contribution in [2.24, 2.45) is 5.73 Å². The van der Waals surface area contributed by atoms with E-state index in [-0.39, 0.29) is 17.1 Å². The third-order valence-corrected chi connectivity index (χ3v) is 5.85. The maximum atomic E-state index is 4.85. The van der Waals surface area contributed by atoms with Gasteiger partial charge < -0.3 is 36.1 Å². The van der Waals surface area contributed by atoms with Crippen LogP contribution in [0.15, 0.2) is 97.1 Å². The van der Waals surface area contributed by atoms with Gasteiger partial charge in [-0.05, 0) is 23.0 Å². The van der Waals surface area contributed by atoms with Crippen LogP contribution in [0, 0.1) is 13.8 Å². The van der Waals surface area contributed by atoms with Gasteiger partial charge in [-0.1, -0.05) is 75.4 Å². The molecule has 0 aliphatic rings. The standard InChI is InChI=1S/C19H18P.C5H5.C2H7N.Fe/c1-14-12-13-18(15(14)2)20-19-11-7-6-10-17(19)16-8-4-3-5-9-16;1-2-4-5-3-1;1-2-3;/h3-13,20H,1-2H3;1-5H;2-3H2,1H3;/q-1;-5;;. The van der Waals surface area contributed by atoms with Crippen LogP contribution in [-0.4, -0.2) is 6.54 Å². The Labute approximate surface area is 188 Å². The number of hydrogen-bond acceptors (Lipinski definition) is 1. The average Bonchev–Trinajstić information content (AvgIpc) is 3.40. The van der Waals surface area contributed by atoms with Gasteiger partial charge in [0.05, 0.1) is 0 Å². The van der Waals surface area contributed by atoms with Crippen molar-refractivity contribution in [1.29, 1.82) is 0 Å². The van der Waals surface area contributed by atoms with Crippen LogP contribution in [0.2, 0.25) is 0 Å². The van der Waals surface area contributed by atoms with Crippen molar-refractivity contribution in [3.8, 4) is 11.1 Å². The van der Waals surface area contributed by atoms with Crippen LogP contribution >= 0.6 is 8.58 Å². The Morgan fingerprint density at radius 2 is 1.34 bits per heavy atom. The first-order chi connectivity index (χ1) is 13.7. The first kappa shape index (κ1) is 25.1. The third-order valence-electron chi connectivity index (χ3n) is 4.33. The molecule has 29 heavy (non-hydrogen) atoms. The van der Waals surface area contributed by atoms with Crippen LogP contribution in [0.4, 0.5) is 0 Å². The molecule has 2 N–H and O–H groups in total. The first-order valence-electron chi connectivity index (χ1n) is 9.68. The third kappa shape index (κ3) is 8.13. The maximum Gasteiger partial charge on any atom is 0 e. The monoisotopic (exact) mass is 443 g/mol. The zero-order chi connectivity index (χ0) is 20.2. The van der Waals surface area contributed by atoms with Crippen molar-refractivity contribution >= 4 is 19.2 Å². The van der Waals surface area contributed by atoms with E-state index in [0.29, 0.717) is 0 Å². The smallest absolute Gasteiger partial charge is 0 e. The molecule has 0 radical (unpaired) electrons. The molecular weight excluding hydrogens is 413 g/mol. The van der Waals surface area contributed by atoms with Gasteiger partial charge in [-0.15, -0.1) is 8.58 Å². The van der Waals surface area contributed by atoms with Gasteiger partial charge in [0.15, 0.2) is 0 Å². The molecule has 1 atom stereocenters. The van der Waals surface area contributed by atoms with E-state index in [1.54, 1.807) is 0 Å². The zero-order valence-corrected chi connectivity index (χ0v) is 19.5. The quantitative estimate of drug-likeness (QED) is 0.246. The van der Waals surface area contributed by atoms with Crippen molar-refractivity contribution in [2.75, 3.05) is 6.54 Å². The zero-order valence-electron chi connectivity index (χ0n) is 17.4. The van der Waals surface area contributed by atoms with E-state index < -0.39 is 0 Å². The van der Waals surface area contributed by atoms with Crippen LogP contribution in [0.1, 0.15) is 18.1 Å². The van der Waals surface area contributed by atoms with Gasteiger partial charge in [-0.25, -0.2) is 6.07 Å². The Morgan fingerprint density at radius 1 is 0.828 bits per heavy atom. The summed E-state index contributed by atoms with van der Waals surface area (Å²) in [6.45, 7) is 7.06. The molecule has 4 aromatic rings. The van der Waals surface area contributed by atoms with Gasteiger partial charge >= 0.3 is 0 Å². The summed E-state index contributed by atoms with van der Waals surface area (Å²) >= 11 is 0. The molecule has 0 heterocycles. The van der Waals surface area contributed by atoms with Crippen molar-refractivity contribution < 1.29 is 17.1 Å². The molecule has 0 aliphatic carbocycles. The minimum atomic E-state index is 0. The summed E-state index contributed by atoms with van der Waals surface area (Å²) in [5.41, 5.74) is 10.3. The number of hydrogen-bond donors (Lipinski definition) is 1. The van der Waals surface area contributed by atoms with Crippen LogP contribution in [0.3, 0.4) is 0 Å². The molecule has 0 amide bonds. The molecule has 3 heteroatoms. The second-order valence-electron chi connectivity index (χ2n) is 6.46. The Hall–Kier alpha value is -1.95. The maximum absolute atomic E-state index is 4.85. The van der Waals surface area contributed by atoms with E-state index in [0.717, 1.165) is 15.1 Å². The molecule has 1 unspecified atom stereocenters. The van der Waals surface area contributed by atoms with Gasteiger partial charge in [0.2, 0.25) is 0 Å². The molecule has 0 spiro atoms. The number of aryl methyl sites for hydroxylation is 1. The van der Waals surface area contributed by atoms with Crippen LogP contribution < -0.4 is 16.3 Å². The molecule has 4 rings (SSSR count). The molecule has 1 nitrogen and oxygen atoms in total. The Balaban J connectivity index is 0.000000396. The van der Waals surface area contributed by atoms with E-state index in [1.807, 2.05) is 37.3 Å². The van der Waals surface area contributed by atoms with Crippen LogP contribution in [0.5, 0.6) is 0 Å². The second kappa shape index (κ2) is 14.1. The number of rotatable bonds is 3. The second-order valence-corrected chi connectivity index (χ2v) is 7.79. The summed E-state index contributed by atoms with van der Waals surface area (Å²) in [5, 5.41) is 2.89. The fourth-order valence-electron chi connectivity index (χ4n) is 2.73. The van der Waals surface area contributed by atoms with E-state index in [1.165, 1.54) is 32.9 Å².